The van der Waals surface area contributed by atoms with Crippen LogP contribution < -0.4 is 0 Å². The first-order chi connectivity index (χ1) is 10.0. The van der Waals surface area contributed by atoms with E-state index < -0.39 is 11.2 Å². The fraction of sp³-hybridized carbons (Fsp3) is 0.333. The van der Waals surface area contributed by atoms with Gasteiger partial charge in [0, 0.05) is 20.1 Å². The fourth-order valence-corrected chi connectivity index (χ4v) is 3.71. The monoisotopic (exact) mass is 426 g/mol. The standard InChI is InChI=1S/C18H20Br2O2/c1-17(2,21)11-7-5-9-13(19)15(11)16-12(18(3,4)22)8-6-10-14(16)20/h5-10,21-22H,1-4H3. The van der Waals surface area contributed by atoms with E-state index in [1.54, 1.807) is 27.7 Å². The summed E-state index contributed by atoms with van der Waals surface area (Å²) in [4.78, 5) is 0. The van der Waals surface area contributed by atoms with Gasteiger partial charge in [0.05, 0.1) is 11.2 Å². The molecule has 0 heterocycles. The molecule has 0 aliphatic heterocycles. The second-order valence-electron chi connectivity index (χ2n) is 6.44. The van der Waals surface area contributed by atoms with Gasteiger partial charge in [0.1, 0.15) is 0 Å². The molecule has 0 unspecified atom stereocenters. The molecule has 2 N–H and O–H groups in total. The van der Waals surface area contributed by atoms with Crippen LogP contribution in [0.5, 0.6) is 0 Å². The first-order valence-corrected chi connectivity index (χ1v) is 8.65. The van der Waals surface area contributed by atoms with Crippen LogP contribution in [0.4, 0.5) is 0 Å². The van der Waals surface area contributed by atoms with E-state index in [9.17, 15) is 10.2 Å². The maximum atomic E-state index is 10.5. The number of hydrogen-bond acceptors (Lipinski definition) is 2. The Hall–Kier alpha value is -0.680. The average molecular weight is 428 g/mol. The zero-order chi connectivity index (χ0) is 16.7. The van der Waals surface area contributed by atoms with E-state index in [1.807, 2.05) is 36.4 Å². The number of halogens is 2. The van der Waals surface area contributed by atoms with Gasteiger partial charge in [0.15, 0.2) is 0 Å². The highest BCUT2D eigenvalue weighted by Gasteiger charge is 2.28. The van der Waals surface area contributed by atoms with Gasteiger partial charge >= 0.3 is 0 Å². The molecule has 0 saturated heterocycles. The van der Waals surface area contributed by atoms with Crippen LogP contribution in [0.2, 0.25) is 0 Å². The Kier molecular flexibility index (Phi) is 4.88. The molecule has 118 valence electrons. The van der Waals surface area contributed by atoms with E-state index in [2.05, 4.69) is 31.9 Å². The van der Waals surface area contributed by atoms with Gasteiger partial charge in [-0.3, -0.25) is 0 Å². The molecule has 2 aromatic rings. The van der Waals surface area contributed by atoms with Crippen molar-refractivity contribution in [2.45, 2.75) is 38.9 Å². The average Bonchev–Trinajstić information content (AvgIpc) is 2.36. The zero-order valence-electron chi connectivity index (χ0n) is 13.1. The van der Waals surface area contributed by atoms with Crippen LogP contribution in [0.1, 0.15) is 38.8 Å². The minimum Gasteiger partial charge on any atom is -0.386 e. The van der Waals surface area contributed by atoms with E-state index in [4.69, 9.17) is 0 Å². The molecule has 0 atom stereocenters. The molecule has 0 fully saturated rings. The van der Waals surface area contributed by atoms with E-state index in [1.165, 1.54) is 0 Å². The molecule has 0 aliphatic rings. The smallest absolute Gasteiger partial charge is 0.0846 e. The Bertz CT molecular complexity index is 634. The summed E-state index contributed by atoms with van der Waals surface area (Å²) in [6, 6.07) is 11.5. The summed E-state index contributed by atoms with van der Waals surface area (Å²) >= 11 is 7.20. The van der Waals surface area contributed by atoms with Crippen molar-refractivity contribution in [1.29, 1.82) is 0 Å². The van der Waals surface area contributed by atoms with Gasteiger partial charge in [-0.1, -0.05) is 56.1 Å². The maximum absolute atomic E-state index is 10.5. The van der Waals surface area contributed by atoms with E-state index in [0.717, 1.165) is 31.2 Å². The molecule has 22 heavy (non-hydrogen) atoms. The maximum Gasteiger partial charge on any atom is 0.0846 e. The topological polar surface area (TPSA) is 40.5 Å². The summed E-state index contributed by atoms with van der Waals surface area (Å²) in [7, 11) is 0. The van der Waals surface area contributed by atoms with Crippen LogP contribution in [-0.4, -0.2) is 10.2 Å². The normalized spacial score (nSPS) is 12.5. The zero-order valence-corrected chi connectivity index (χ0v) is 16.3. The van der Waals surface area contributed by atoms with Crippen LogP contribution in [0.3, 0.4) is 0 Å². The largest absolute Gasteiger partial charge is 0.386 e. The third-order valence-corrected chi connectivity index (χ3v) is 4.92. The Labute approximate surface area is 148 Å². The van der Waals surface area contributed by atoms with Crippen molar-refractivity contribution in [3.63, 3.8) is 0 Å². The van der Waals surface area contributed by atoms with Crippen LogP contribution in [-0.2, 0) is 11.2 Å². The van der Waals surface area contributed by atoms with E-state index in [0.29, 0.717) is 0 Å². The molecular formula is C18H20Br2O2. The number of benzene rings is 2. The minimum absolute atomic E-state index is 0.805. The Balaban J connectivity index is 2.90. The van der Waals surface area contributed by atoms with Crippen molar-refractivity contribution in [1.82, 2.24) is 0 Å². The molecule has 0 aromatic heterocycles. The summed E-state index contributed by atoms with van der Waals surface area (Å²) in [6.45, 7) is 7.05. The van der Waals surface area contributed by atoms with Crippen molar-refractivity contribution < 1.29 is 10.2 Å². The lowest BCUT2D eigenvalue weighted by Gasteiger charge is -2.28. The summed E-state index contributed by atoms with van der Waals surface area (Å²) in [6.07, 6.45) is 0. The molecule has 0 spiro atoms. The van der Waals surface area contributed by atoms with Gasteiger partial charge in [-0.15, -0.1) is 0 Å². The summed E-state index contributed by atoms with van der Waals surface area (Å²) in [5.74, 6) is 0. The molecule has 2 nitrogen and oxygen atoms in total. The minimum atomic E-state index is -0.995. The SMILES string of the molecule is CC(C)(O)c1cccc(Br)c1-c1c(Br)cccc1C(C)(C)O. The van der Waals surface area contributed by atoms with E-state index >= 15 is 0 Å². The third-order valence-electron chi connectivity index (χ3n) is 3.60. The highest BCUT2D eigenvalue weighted by atomic mass is 79.9. The highest BCUT2D eigenvalue weighted by molar-refractivity contribution is 9.11. The molecular weight excluding hydrogens is 408 g/mol. The van der Waals surface area contributed by atoms with Crippen molar-refractivity contribution >= 4 is 31.9 Å². The number of hydrogen-bond donors (Lipinski definition) is 2. The first-order valence-electron chi connectivity index (χ1n) is 7.06. The Morgan fingerprint density at radius 1 is 0.682 bits per heavy atom. The second-order valence-corrected chi connectivity index (χ2v) is 8.15. The van der Waals surface area contributed by atoms with Gasteiger partial charge in [-0.05, 0) is 51.0 Å². The van der Waals surface area contributed by atoms with Gasteiger partial charge in [-0.2, -0.15) is 0 Å². The van der Waals surface area contributed by atoms with Gasteiger partial charge in [0.25, 0.3) is 0 Å². The number of aliphatic hydroxyl groups is 2. The molecule has 0 radical (unpaired) electrons. The first kappa shape index (κ1) is 17.7. The fourth-order valence-electron chi connectivity index (χ4n) is 2.58. The predicted molar refractivity (Wildman–Crippen MR) is 97.8 cm³/mol. The lowest BCUT2D eigenvalue weighted by molar-refractivity contribution is 0.0766. The van der Waals surface area contributed by atoms with Crippen LogP contribution in [0.15, 0.2) is 45.3 Å². The van der Waals surface area contributed by atoms with Crippen molar-refractivity contribution in [2.24, 2.45) is 0 Å². The molecule has 0 amide bonds. The van der Waals surface area contributed by atoms with Crippen LogP contribution in [0.25, 0.3) is 11.1 Å². The molecule has 2 aromatic carbocycles. The number of rotatable bonds is 3. The van der Waals surface area contributed by atoms with Gasteiger partial charge in [0.2, 0.25) is 0 Å². The third kappa shape index (κ3) is 3.46. The Morgan fingerprint density at radius 2 is 1.00 bits per heavy atom. The van der Waals surface area contributed by atoms with Crippen molar-refractivity contribution in [3.05, 3.63) is 56.5 Å². The molecule has 2 rings (SSSR count). The summed E-state index contributed by atoms with van der Waals surface area (Å²) < 4.78 is 1.76. The van der Waals surface area contributed by atoms with Crippen LogP contribution >= 0.6 is 31.9 Å². The quantitative estimate of drug-likeness (QED) is 0.694. The van der Waals surface area contributed by atoms with Gasteiger partial charge in [-0.25, -0.2) is 0 Å². The summed E-state index contributed by atoms with van der Waals surface area (Å²) in [5, 5.41) is 21.1. The Morgan fingerprint density at radius 3 is 1.27 bits per heavy atom. The lowest BCUT2D eigenvalue weighted by atomic mass is 9.84. The second kappa shape index (κ2) is 6.08. The van der Waals surface area contributed by atoms with Crippen LogP contribution in [0, 0.1) is 0 Å². The summed E-state index contributed by atoms with van der Waals surface area (Å²) in [5.41, 5.74) is 1.40. The highest BCUT2D eigenvalue weighted by Crippen LogP contribution is 2.44. The molecule has 0 bridgehead atoms. The van der Waals surface area contributed by atoms with Crippen molar-refractivity contribution in [2.75, 3.05) is 0 Å². The predicted octanol–water partition coefficient (Wildman–Crippen LogP) is 5.33. The molecule has 0 aliphatic carbocycles. The van der Waals surface area contributed by atoms with Gasteiger partial charge < -0.3 is 10.2 Å². The molecule has 4 heteroatoms. The molecule has 0 saturated carbocycles. The van der Waals surface area contributed by atoms with Crippen molar-refractivity contribution in [3.8, 4) is 11.1 Å². The van der Waals surface area contributed by atoms with E-state index in [-0.39, 0.29) is 0 Å². The lowest BCUT2D eigenvalue weighted by Crippen LogP contribution is -2.20.